The summed E-state index contributed by atoms with van der Waals surface area (Å²) in [6, 6.07) is 12.1. The highest BCUT2D eigenvalue weighted by Gasteiger charge is 2.43. The van der Waals surface area contributed by atoms with Crippen molar-refractivity contribution in [2.24, 2.45) is 0 Å². The van der Waals surface area contributed by atoms with E-state index in [4.69, 9.17) is 4.74 Å². The number of nitrogens with one attached hydrogen (secondary N) is 2. The molecule has 9 heteroatoms. The summed E-state index contributed by atoms with van der Waals surface area (Å²) in [6.07, 6.45) is -3.67. The number of quaternary nitrogens is 1. The van der Waals surface area contributed by atoms with Crippen molar-refractivity contribution in [1.29, 1.82) is 0 Å². The fraction of sp³-hybridized carbons (Fsp3) is 0.350. The molecule has 0 spiro atoms. The number of carbonyl (C=O) groups is 1. The number of carbonyl (C=O) groups excluding carboxylic acids is 1. The van der Waals surface area contributed by atoms with Crippen LogP contribution in [0.2, 0.25) is 0 Å². The number of anilines is 2. The summed E-state index contributed by atoms with van der Waals surface area (Å²) in [5.74, 6) is 0.509. The summed E-state index contributed by atoms with van der Waals surface area (Å²) >= 11 is 0. The van der Waals surface area contributed by atoms with Crippen molar-refractivity contribution < 1.29 is 32.7 Å². The van der Waals surface area contributed by atoms with Crippen LogP contribution in [-0.4, -0.2) is 52.0 Å². The van der Waals surface area contributed by atoms with E-state index in [1.165, 1.54) is 18.2 Å². The Morgan fingerprint density at radius 2 is 1.90 bits per heavy atom. The van der Waals surface area contributed by atoms with E-state index in [0.717, 1.165) is 42.5 Å². The number of methoxy groups -OCH3 is 1. The van der Waals surface area contributed by atoms with Gasteiger partial charge in [0.1, 0.15) is 5.75 Å². The predicted molar refractivity (Wildman–Crippen MR) is 102 cm³/mol. The van der Waals surface area contributed by atoms with E-state index in [0.29, 0.717) is 12.2 Å². The average molecular weight is 406 g/mol. The van der Waals surface area contributed by atoms with E-state index in [1.807, 2.05) is 24.3 Å². The van der Waals surface area contributed by atoms with Gasteiger partial charge in [0.2, 0.25) is 0 Å². The molecule has 0 saturated carbocycles. The highest BCUT2D eigenvalue weighted by atomic mass is 19.3. The summed E-state index contributed by atoms with van der Waals surface area (Å²) in [5, 5.41) is 2.73. The maximum atomic E-state index is 13.1. The number of amides is 1. The van der Waals surface area contributed by atoms with E-state index in [1.54, 1.807) is 7.11 Å². The van der Waals surface area contributed by atoms with Crippen molar-refractivity contribution in [3.05, 3.63) is 42.5 Å². The lowest BCUT2D eigenvalue weighted by molar-refractivity contribution is -0.892. The molecular weight excluding hydrogens is 384 g/mol. The molecule has 7 nitrogen and oxygen atoms in total. The number of alkyl halides is 2. The normalized spacial score (nSPS) is 17.8. The molecule has 154 valence electrons. The minimum Gasteiger partial charge on any atom is -0.495 e. The van der Waals surface area contributed by atoms with Crippen molar-refractivity contribution in [3.63, 3.8) is 0 Å². The van der Waals surface area contributed by atoms with Crippen LogP contribution in [0.25, 0.3) is 0 Å². The van der Waals surface area contributed by atoms with Gasteiger partial charge < -0.3 is 29.3 Å². The van der Waals surface area contributed by atoms with Crippen LogP contribution in [-0.2, 0) is 4.79 Å². The average Bonchev–Trinajstić information content (AvgIpc) is 3.01. The Morgan fingerprint density at radius 3 is 2.66 bits per heavy atom. The standard InChI is InChI=1S/C20H21F2N3O4/c1-27-16-5-3-2-4-15(16)25-10-8-24(9-11-25)13-19(26)23-14-6-7-17-18(12-14)29-20(21,22)28-17/h2-7,12H,8-11,13H2,1H3,(H,23,26)/p+1. The fourth-order valence-electron chi connectivity index (χ4n) is 3.59. The zero-order valence-corrected chi connectivity index (χ0v) is 15.9. The number of para-hydroxylation sites is 2. The zero-order valence-electron chi connectivity index (χ0n) is 15.9. The third-order valence-electron chi connectivity index (χ3n) is 4.99. The second-order valence-electron chi connectivity index (χ2n) is 6.96. The molecule has 2 aromatic carbocycles. The van der Waals surface area contributed by atoms with Crippen LogP contribution in [0.15, 0.2) is 42.5 Å². The number of benzene rings is 2. The molecule has 2 aliphatic rings. The van der Waals surface area contributed by atoms with Crippen LogP contribution in [0.5, 0.6) is 17.2 Å². The Morgan fingerprint density at radius 1 is 1.17 bits per heavy atom. The molecule has 2 N–H and O–H groups in total. The molecule has 0 unspecified atom stereocenters. The molecule has 2 aromatic rings. The van der Waals surface area contributed by atoms with Crippen molar-refractivity contribution in [2.45, 2.75) is 6.29 Å². The molecule has 0 aliphatic carbocycles. The zero-order chi connectivity index (χ0) is 20.4. The van der Waals surface area contributed by atoms with Crippen molar-refractivity contribution in [3.8, 4) is 17.2 Å². The number of nitrogens with zero attached hydrogens (tertiary/aromatic N) is 1. The summed E-state index contributed by atoms with van der Waals surface area (Å²) in [6.45, 7) is 3.52. The second-order valence-corrected chi connectivity index (χ2v) is 6.96. The number of rotatable bonds is 5. The predicted octanol–water partition coefficient (Wildman–Crippen LogP) is 1.36. The maximum absolute atomic E-state index is 13.1. The Hall–Kier alpha value is -3.07. The van der Waals surface area contributed by atoms with Crippen LogP contribution in [0.1, 0.15) is 0 Å². The highest BCUT2D eigenvalue weighted by Crippen LogP contribution is 2.42. The first-order valence-corrected chi connectivity index (χ1v) is 9.35. The third-order valence-corrected chi connectivity index (χ3v) is 4.99. The Balaban J connectivity index is 1.30. The Bertz CT molecular complexity index is 901. The first kappa shape index (κ1) is 19.3. The second kappa shape index (κ2) is 7.75. The molecule has 1 amide bonds. The lowest BCUT2D eigenvalue weighted by Crippen LogP contribution is -3.15. The summed E-state index contributed by atoms with van der Waals surface area (Å²) in [5.41, 5.74) is 1.44. The number of ether oxygens (including phenoxy) is 3. The number of fused-ring (bicyclic) bond motifs is 1. The molecule has 0 aromatic heterocycles. The fourth-order valence-corrected chi connectivity index (χ4v) is 3.59. The van der Waals surface area contributed by atoms with E-state index >= 15 is 0 Å². The maximum Gasteiger partial charge on any atom is 0.586 e. The van der Waals surface area contributed by atoms with Crippen molar-refractivity contribution in [2.75, 3.05) is 50.1 Å². The molecule has 4 rings (SSSR count). The van der Waals surface area contributed by atoms with Crippen LogP contribution in [0.3, 0.4) is 0 Å². The molecule has 2 aliphatic heterocycles. The third kappa shape index (κ3) is 4.34. The Kier molecular flexibility index (Phi) is 5.14. The van der Waals surface area contributed by atoms with Gasteiger partial charge in [-0.3, -0.25) is 4.79 Å². The van der Waals surface area contributed by atoms with Gasteiger partial charge in [0.15, 0.2) is 18.0 Å². The van der Waals surface area contributed by atoms with Gasteiger partial charge in [0.05, 0.1) is 39.0 Å². The van der Waals surface area contributed by atoms with Gasteiger partial charge in [-0.25, -0.2) is 0 Å². The van der Waals surface area contributed by atoms with E-state index in [2.05, 4.69) is 19.7 Å². The molecule has 0 bridgehead atoms. The van der Waals surface area contributed by atoms with Crippen molar-refractivity contribution >= 4 is 17.3 Å². The van der Waals surface area contributed by atoms with Crippen LogP contribution < -0.4 is 29.3 Å². The van der Waals surface area contributed by atoms with E-state index < -0.39 is 6.29 Å². The molecule has 1 saturated heterocycles. The van der Waals surface area contributed by atoms with Crippen molar-refractivity contribution in [1.82, 2.24) is 0 Å². The minimum atomic E-state index is -3.67. The summed E-state index contributed by atoms with van der Waals surface area (Å²) in [4.78, 5) is 15.8. The number of piperazine rings is 1. The topological polar surface area (TPSA) is 64.5 Å². The van der Waals surface area contributed by atoms with Gasteiger partial charge in [-0.05, 0) is 24.3 Å². The number of hydrogen-bond acceptors (Lipinski definition) is 5. The lowest BCUT2D eigenvalue weighted by Gasteiger charge is -2.34. The summed E-state index contributed by atoms with van der Waals surface area (Å²) < 4.78 is 40.4. The molecule has 1 fully saturated rings. The van der Waals surface area contributed by atoms with E-state index in [-0.39, 0.29) is 17.4 Å². The number of hydrogen-bond donors (Lipinski definition) is 2. The highest BCUT2D eigenvalue weighted by molar-refractivity contribution is 5.91. The molecule has 29 heavy (non-hydrogen) atoms. The van der Waals surface area contributed by atoms with Crippen LogP contribution in [0, 0.1) is 0 Å². The first-order chi connectivity index (χ1) is 13.9. The smallest absolute Gasteiger partial charge is 0.495 e. The SMILES string of the molecule is COc1ccccc1N1CC[NH+](CC(=O)Nc2ccc3c(c2)OC(F)(F)O3)CC1. The van der Waals surface area contributed by atoms with Gasteiger partial charge in [0, 0.05) is 11.8 Å². The van der Waals surface area contributed by atoms with Gasteiger partial charge >= 0.3 is 6.29 Å². The minimum absolute atomic E-state index is 0.0499. The summed E-state index contributed by atoms with van der Waals surface area (Å²) in [7, 11) is 1.65. The largest absolute Gasteiger partial charge is 0.586 e. The monoisotopic (exact) mass is 406 g/mol. The first-order valence-electron chi connectivity index (χ1n) is 9.35. The van der Waals surface area contributed by atoms with Gasteiger partial charge in [-0.1, -0.05) is 12.1 Å². The van der Waals surface area contributed by atoms with Gasteiger partial charge in [0.25, 0.3) is 5.91 Å². The Labute approximate surface area is 166 Å². The lowest BCUT2D eigenvalue weighted by atomic mass is 10.2. The van der Waals surface area contributed by atoms with Gasteiger partial charge in [-0.15, -0.1) is 8.78 Å². The van der Waals surface area contributed by atoms with Crippen LogP contribution in [0.4, 0.5) is 20.2 Å². The van der Waals surface area contributed by atoms with E-state index in [9.17, 15) is 13.6 Å². The quantitative estimate of drug-likeness (QED) is 0.785. The molecular formula is C20H22F2N3O4+. The molecule has 2 heterocycles. The molecule has 0 atom stereocenters. The van der Waals surface area contributed by atoms with Crippen LogP contribution >= 0.6 is 0 Å². The number of halogens is 2. The molecule has 0 radical (unpaired) electrons. The van der Waals surface area contributed by atoms with Gasteiger partial charge in [-0.2, -0.15) is 0 Å².